The number of carbonyl (C=O) groups is 3. The summed E-state index contributed by atoms with van der Waals surface area (Å²) in [6.45, 7) is 2.05. The Morgan fingerprint density at radius 3 is 2.21 bits per heavy atom. The van der Waals surface area contributed by atoms with Crippen LogP contribution in [0.2, 0.25) is 0 Å². The maximum atomic E-state index is 13.6. The summed E-state index contributed by atoms with van der Waals surface area (Å²) >= 11 is 0. The molecule has 4 amide bonds. The van der Waals surface area contributed by atoms with Crippen molar-refractivity contribution in [3.05, 3.63) is 96.1 Å². The van der Waals surface area contributed by atoms with Crippen LogP contribution >= 0.6 is 0 Å². The van der Waals surface area contributed by atoms with Crippen molar-refractivity contribution in [2.45, 2.75) is 18.9 Å². The topological polar surface area (TPSA) is 87.7 Å². The minimum atomic E-state index is -1.28. The number of carbonyl (C=O) groups excluding carboxylic acids is 3. The van der Waals surface area contributed by atoms with Gasteiger partial charge in [-0.1, -0.05) is 60.7 Å². The van der Waals surface area contributed by atoms with Gasteiger partial charge in [0.15, 0.2) is 5.54 Å². The minimum absolute atomic E-state index is 0.277. The van der Waals surface area contributed by atoms with Crippen LogP contribution in [-0.4, -0.2) is 35.9 Å². The van der Waals surface area contributed by atoms with Crippen molar-refractivity contribution in [2.75, 3.05) is 18.5 Å². The summed E-state index contributed by atoms with van der Waals surface area (Å²) in [5.41, 5.74) is 0.838. The molecule has 4 rings (SSSR count). The van der Waals surface area contributed by atoms with E-state index in [0.717, 1.165) is 10.5 Å². The Morgan fingerprint density at radius 1 is 0.939 bits per heavy atom. The molecular weight excluding hydrogens is 418 g/mol. The van der Waals surface area contributed by atoms with Crippen LogP contribution in [0.4, 0.5) is 10.5 Å². The summed E-state index contributed by atoms with van der Waals surface area (Å²) in [5.74, 6) is -0.228. The second-order valence-electron chi connectivity index (χ2n) is 7.76. The third-order valence-electron chi connectivity index (χ3n) is 5.51. The van der Waals surface area contributed by atoms with Gasteiger partial charge in [0.1, 0.15) is 12.3 Å². The van der Waals surface area contributed by atoms with E-state index in [1.165, 1.54) is 0 Å². The second-order valence-corrected chi connectivity index (χ2v) is 7.76. The lowest BCUT2D eigenvalue weighted by Gasteiger charge is -2.27. The number of benzene rings is 3. The van der Waals surface area contributed by atoms with Crippen molar-refractivity contribution >= 4 is 23.5 Å². The van der Waals surface area contributed by atoms with E-state index in [9.17, 15) is 14.4 Å². The standard InChI is InChI=1S/C26H25N3O4/c1-2-33-22-15-13-21(14-16-22)27-23(30)18-29-24(31)26(28-25(29)32,20-11-7-4-8-12-20)17-19-9-5-3-6-10-19/h3-16H,2,17-18H2,1H3,(H,27,30)(H,28,32). The zero-order valence-corrected chi connectivity index (χ0v) is 18.3. The molecular formula is C26H25N3O4. The van der Waals surface area contributed by atoms with Gasteiger partial charge in [-0.15, -0.1) is 0 Å². The highest BCUT2D eigenvalue weighted by atomic mass is 16.5. The van der Waals surface area contributed by atoms with Gasteiger partial charge in [-0.05, 0) is 42.3 Å². The number of nitrogens with one attached hydrogen (secondary N) is 2. The summed E-state index contributed by atoms with van der Waals surface area (Å²) in [7, 11) is 0. The summed E-state index contributed by atoms with van der Waals surface area (Å²) < 4.78 is 5.40. The van der Waals surface area contributed by atoms with E-state index in [1.807, 2.05) is 67.6 Å². The van der Waals surface area contributed by atoms with Crippen LogP contribution in [-0.2, 0) is 21.5 Å². The van der Waals surface area contributed by atoms with Crippen LogP contribution in [0, 0.1) is 0 Å². The number of nitrogens with zero attached hydrogens (tertiary/aromatic N) is 1. The first-order valence-electron chi connectivity index (χ1n) is 10.8. The molecule has 1 fully saturated rings. The van der Waals surface area contributed by atoms with E-state index in [1.54, 1.807) is 24.3 Å². The van der Waals surface area contributed by atoms with Gasteiger partial charge in [0.25, 0.3) is 5.91 Å². The monoisotopic (exact) mass is 443 g/mol. The van der Waals surface area contributed by atoms with E-state index in [2.05, 4.69) is 10.6 Å². The molecule has 7 heteroatoms. The van der Waals surface area contributed by atoms with Crippen LogP contribution in [0.25, 0.3) is 0 Å². The van der Waals surface area contributed by atoms with E-state index < -0.39 is 23.4 Å². The number of ether oxygens (including phenoxy) is 1. The molecule has 0 saturated carbocycles. The Bertz CT molecular complexity index is 1130. The van der Waals surface area contributed by atoms with Crippen molar-refractivity contribution in [2.24, 2.45) is 0 Å². The van der Waals surface area contributed by atoms with E-state index in [-0.39, 0.29) is 13.0 Å². The van der Waals surface area contributed by atoms with Crippen molar-refractivity contribution in [1.29, 1.82) is 0 Å². The number of amides is 4. The Kier molecular flexibility index (Phi) is 6.40. The van der Waals surface area contributed by atoms with Gasteiger partial charge in [-0.3, -0.25) is 14.5 Å². The fourth-order valence-corrected chi connectivity index (χ4v) is 3.96. The molecule has 0 bridgehead atoms. The zero-order valence-electron chi connectivity index (χ0n) is 18.3. The molecule has 0 radical (unpaired) electrons. The Morgan fingerprint density at radius 2 is 1.58 bits per heavy atom. The first kappa shape index (κ1) is 22.1. The average molecular weight is 444 g/mol. The second kappa shape index (κ2) is 9.56. The summed E-state index contributed by atoms with van der Waals surface area (Å²) in [4.78, 5) is 40.1. The van der Waals surface area contributed by atoms with Crippen molar-refractivity contribution in [3.8, 4) is 5.75 Å². The SMILES string of the molecule is CCOc1ccc(NC(=O)CN2C(=O)NC(Cc3ccccc3)(c3ccccc3)C2=O)cc1. The highest BCUT2D eigenvalue weighted by molar-refractivity contribution is 6.10. The van der Waals surface area contributed by atoms with Gasteiger partial charge < -0.3 is 15.4 Å². The number of hydrogen-bond donors (Lipinski definition) is 2. The molecule has 1 aliphatic rings. The maximum absolute atomic E-state index is 13.6. The quantitative estimate of drug-likeness (QED) is 0.520. The fraction of sp³-hybridized carbons (Fsp3) is 0.192. The molecule has 1 heterocycles. The van der Waals surface area contributed by atoms with E-state index >= 15 is 0 Å². The van der Waals surface area contributed by atoms with Crippen LogP contribution in [0.5, 0.6) is 5.75 Å². The Labute approximate surface area is 192 Å². The van der Waals surface area contributed by atoms with Gasteiger partial charge in [-0.2, -0.15) is 0 Å². The molecule has 33 heavy (non-hydrogen) atoms. The molecule has 1 unspecified atom stereocenters. The molecule has 1 atom stereocenters. The smallest absolute Gasteiger partial charge is 0.325 e. The normalized spacial score (nSPS) is 17.5. The van der Waals surface area contributed by atoms with Crippen LogP contribution < -0.4 is 15.4 Å². The fourth-order valence-electron chi connectivity index (χ4n) is 3.96. The van der Waals surface area contributed by atoms with Crippen molar-refractivity contribution in [1.82, 2.24) is 10.2 Å². The maximum Gasteiger partial charge on any atom is 0.325 e. The number of rotatable bonds is 8. The number of imide groups is 1. The zero-order chi connectivity index (χ0) is 23.3. The summed E-state index contributed by atoms with van der Waals surface area (Å²) in [5, 5.41) is 5.59. The third kappa shape index (κ3) is 4.72. The highest BCUT2D eigenvalue weighted by Crippen LogP contribution is 2.33. The third-order valence-corrected chi connectivity index (χ3v) is 5.51. The lowest BCUT2D eigenvalue weighted by molar-refractivity contribution is -0.134. The van der Waals surface area contributed by atoms with Gasteiger partial charge in [0.05, 0.1) is 6.61 Å². The first-order chi connectivity index (χ1) is 16.0. The molecule has 0 aliphatic carbocycles. The number of anilines is 1. The van der Waals surface area contributed by atoms with Crippen LogP contribution in [0.3, 0.4) is 0 Å². The van der Waals surface area contributed by atoms with Gasteiger partial charge in [0.2, 0.25) is 5.91 Å². The van der Waals surface area contributed by atoms with Gasteiger partial charge in [0, 0.05) is 12.1 Å². The lowest BCUT2D eigenvalue weighted by atomic mass is 9.83. The molecule has 3 aromatic carbocycles. The van der Waals surface area contributed by atoms with E-state index in [0.29, 0.717) is 23.6 Å². The van der Waals surface area contributed by atoms with Crippen molar-refractivity contribution < 1.29 is 19.1 Å². The predicted molar refractivity (Wildman–Crippen MR) is 125 cm³/mol. The van der Waals surface area contributed by atoms with E-state index in [4.69, 9.17) is 4.74 Å². The number of urea groups is 1. The van der Waals surface area contributed by atoms with Gasteiger partial charge in [-0.25, -0.2) is 4.79 Å². The molecule has 0 spiro atoms. The Hall–Kier alpha value is -4.13. The molecule has 1 saturated heterocycles. The summed E-state index contributed by atoms with van der Waals surface area (Å²) in [6.07, 6.45) is 0.277. The van der Waals surface area contributed by atoms with Gasteiger partial charge >= 0.3 is 6.03 Å². The average Bonchev–Trinajstić information content (AvgIpc) is 3.06. The first-order valence-corrected chi connectivity index (χ1v) is 10.8. The lowest BCUT2D eigenvalue weighted by Crippen LogP contribution is -2.46. The molecule has 3 aromatic rings. The van der Waals surface area contributed by atoms with Crippen LogP contribution in [0.1, 0.15) is 18.1 Å². The molecule has 7 nitrogen and oxygen atoms in total. The number of hydrogen-bond acceptors (Lipinski definition) is 4. The largest absolute Gasteiger partial charge is 0.494 e. The summed E-state index contributed by atoms with van der Waals surface area (Å²) in [6, 6.07) is 24.9. The predicted octanol–water partition coefficient (Wildman–Crippen LogP) is 3.71. The minimum Gasteiger partial charge on any atom is -0.494 e. The van der Waals surface area contributed by atoms with Crippen LogP contribution in [0.15, 0.2) is 84.9 Å². The Balaban J connectivity index is 1.54. The highest BCUT2D eigenvalue weighted by Gasteiger charge is 2.52. The molecule has 2 N–H and O–H groups in total. The molecule has 0 aromatic heterocycles. The molecule has 168 valence electrons. The molecule has 1 aliphatic heterocycles. The van der Waals surface area contributed by atoms with Crippen molar-refractivity contribution in [3.63, 3.8) is 0 Å².